The summed E-state index contributed by atoms with van der Waals surface area (Å²) >= 11 is 0. The fraction of sp³-hybridized carbons (Fsp3) is 0.500. The lowest BCUT2D eigenvalue weighted by molar-refractivity contribution is 0.237. The average molecular weight is 276 g/mol. The topological polar surface area (TPSA) is 12.5 Å². The third-order valence-electron chi connectivity index (χ3n) is 3.20. The largest absolute Gasteiger partial charge is 0.512 e. The second-order valence-corrected chi connectivity index (χ2v) is 4.66. The molecule has 2 nitrogen and oxygen atoms in total. The quantitative estimate of drug-likeness (QED) is 0.604. The summed E-state index contributed by atoms with van der Waals surface area (Å²) in [5, 5.41) is 0. The summed E-state index contributed by atoms with van der Waals surface area (Å²) in [6, 6.07) is 2.70. The molecule has 0 spiro atoms. The van der Waals surface area contributed by atoms with Crippen LogP contribution in [0.2, 0.25) is 0 Å². The van der Waals surface area contributed by atoms with Crippen molar-refractivity contribution in [2.75, 3.05) is 26.2 Å². The van der Waals surface area contributed by atoms with Crippen molar-refractivity contribution in [1.82, 2.24) is 4.90 Å². The highest BCUT2D eigenvalue weighted by molar-refractivity contribution is 6.73. The highest BCUT2D eigenvalue weighted by Gasteiger charge is 2.28. The van der Waals surface area contributed by atoms with Crippen LogP contribution in [0.4, 0.5) is 17.3 Å². The Morgan fingerprint density at radius 2 is 1.84 bits per heavy atom. The number of ether oxygens (including phenoxy) is 1. The van der Waals surface area contributed by atoms with Crippen molar-refractivity contribution in [3.05, 3.63) is 24.0 Å². The molecule has 0 saturated carbocycles. The van der Waals surface area contributed by atoms with Gasteiger partial charge < -0.3 is 17.7 Å². The Labute approximate surface area is 109 Å². The first-order valence-electron chi connectivity index (χ1n) is 6.31. The molecule has 0 N–H and O–H groups in total. The first-order valence-corrected chi connectivity index (χ1v) is 6.31. The summed E-state index contributed by atoms with van der Waals surface area (Å²) in [6.07, 6.45) is 2.33. The summed E-state index contributed by atoms with van der Waals surface area (Å²) in [6.45, 7) is -2.19. The number of rotatable bonds is 5. The van der Waals surface area contributed by atoms with Crippen LogP contribution in [0.3, 0.4) is 0 Å². The van der Waals surface area contributed by atoms with Crippen LogP contribution in [0.5, 0.6) is 5.75 Å². The molecule has 0 bridgehead atoms. The molecule has 0 radical (unpaired) electrons. The van der Waals surface area contributed by atoms with Crippen molar-refractivity contribution in [2.45, 2.75) is 12.8 Å². The maximum atomic E-state index is 13.3. The monoisotopic (exact) mass is 276 g/mol. The van der Waals surface area contributed by atoms with E-state index in [1.54, 1.807) is 0 Å². The number of hydrogen-bond acceptors (Lipinski definition) is 2. The van der Waals surface area contributed by atoms with Gasteiger partial charge in [0.2, 0.25) is 0 Å². The van der Waals surface area contributed by atoms with Gasteiger partial charge in [0, 0.05) is 12.6 Å². The van der Waals surface area contributed by atoms with E-state index in [1.165, 1.54) is 0 Å². The molecule has 7 heteroatoms. The molecule has 0 aromatic heterocycles. The van der Waals surface area contributed by atoms with E-state index in [0.717, 1.165) is 44.1 Å². The van der Waals surface area contributed by atoms with Gasteiger partial charge in [-0.05, 0) is 32.0 Å². The van der Waals surface area contributed by atoms with E-state index < -0.39 is 18.3 Å². The second-order valence-electron chi connectivity index (χ2n) is 4.66. The Hall–Kier alpha value is -1.24. The minimum atomic E-state index is -5.31. The van der Waals surface area contributed by atoms with Gasteiger partial charge in [-0.3, -0.25) is 4.90 Å². The number of nitrogens with zero attached hydrogens (tertiary/aromatic N) is 1. The van der Waals surface area contributed by atoms with E-state index in [0.29, 0.717) is 13.2 Å². The summed E-state index contributed by atoms with van der Waals surface area (Å²) in [7, 11) is 0. The lowest BCUT2D eigenvalue weighted by atomic mass is 9.80. The molecule has 1 aromatic carbocycles. The number of likely N-dealkylation sites (tertiary alicyclic amines) is 1. The Balaban J connectivity index is 1.89. The third-order valence-corrected chi connectivity index (χ3v) is 3.20. The Kier molecular flexibility index (Phi) is 4.34. The molecule has 0 atom stereocenters. The van der Waals surface area contributed by atoms with Crippen molar-refractivity contribution < 1.29 is 22.1 Å². The molecular weight excluding hydrogens is 261 g/mol. The van der Waals surface area contributed by atoms with Gasteiger partial charge in [0.25, 0.3) is 0 Å². The third kappa shape index (κ3) is 3.86. The average Bonchev–Trinajstić information content (AvgIpc) is 2.80. The maximum Gasteiger partial charge on any atom is 0.512 e. The number of benzene rings is 1. The molecule has 0 amide bonds. The highest BCUT2D eigenvalue weighted by Crippen LogP contribution is 2.17. The molecule has 106 valence electrons. The molecule has 1 aliphatic heterocycles. The standard InChI is InChI=1S/C12H15BF4NO/c14-12-9-10(3-4-11(12)13(15,16)17)19-8-7-18-5-1-2-6-18/h3-4,9H,1-2,5-8H2/q-1. The predicted octanol–water partition coefficient (Wildman–Crippen LogP) is 2.35. The summed E-state index contributed by atoms with van der Waals surface area (Å²) in [4.78, 5) is 2.21. The van der Waals surface area contributed by atoms with Gasteiger partial charge in [0.1, 0.15) is 12.4 Å². The van der Waals surface area contributed by atoms with Crippen molar-refractivity contribution in [3.8, 4) is 5.75 Å². The van der Waals surface area contributed by atoms with Crippen molar-refractivity contribution in [3.63, 3.8) is 0 Å². The molecule has 1 saturated heterocycles. The van der Waals surface area contributed by atoms with E-state index in [4.69, 9.17) is 4.74 Å². The Bertz CT molecular complexity index is 432. The first-order chi connectivity index (χ1) is 8.97. The zero-order valence-corrected chi connectivity index (χ0v) is 10.4. The van der Waals surface area contributed by atoms with E-state index in [9.17, 15) is 17.3 Å². The zero-order valence-electron chi connectivity index (χ0n) is 10.4. The summed E-state index contributed by atoms with van der Waals surface area (Å²) in [5.41, 5.74) is -1.20. The summed E-state index contributed by atoms with van der Waals surface area (Å²) < 4.78 is 55.8. The predicted molar refractivity (Wildman–Crippen MR) is 66.3 cm³/mol. The van der Waals surface area contributed by atoms with Crippen LogP contribution in [-0.4, -0.2) is 38.1 Å². The molecule has 0 unspecified atom stereocenters. The van der Waals surface area contributed by atoms with E-state index in [2.05, 4.69) is 4.90 Å². The van der Waals surface area contributed by atoms with Crippen LogP contribution >= 0.6 is 0 Å². The van der Waals surface area contributed by atoms with Crippen molar-refractivity contribution >= 4 is 12.4 Å². The SMILES string of the molecule is Fc1cc(OCCN2CCCC2)ccc1[B-](F)(F)F. The van der Waals surface area contributed by atoms with Crippen molar-refractivity contribution in [1.29, 1.82) is 0 Å². The normalized spacial score (nSPS) is 16.8. The molecule has 1 aliphatic rings. The van der Waals surface area contributed by atoms with Crippen molar-refractivity contribution in [2.24, 2.45) is 0 Å². The van der Waals surface area contributed by atoms with Gasteiger partial charge >= 0.3 is 6.98 Å². The van der Waals surface area contributed by atoms with Gasteiger partial charge in [0.05, 0.1) is 5.82 Å². The van der Waals surface area contributed by atoms with Crippen LogP contribution in [0.1, 0.15) is 12.8 Å². The fourth-order valence-corrected chi connectivity index (χ4v) is 2.16. The summed E-state index contributed by atoms with van der Waals surface area (Å²) in [5.74, 6) is -1.13. The second kappa shape index (κ2) is 5.82. The Morgan fingerprint density at radius 1 is 1.16 bits per heavy atom. The fourth-order valence-electron chi connectivity index (χ4n) is 2.16. The highest BCUT2D eigenvalue weighted by atomic mass is 19.4. The van der Waals surface area contributed by atoms with Crippen LogP contribution in [0.15, 0.2) is 18.2 Å². The van der Waals surface area contributed by atoms with Gasteiger partial charge in [-0.2, -0.15) is 0 Å². The lowest BCUT2D eigenvalue weighted by Gasteiger charge is -2.17. The Morgan fingerprint density at radius 3 is 2.42 bits per heavy atom. The zero-order chi connectivity index (χ0) is 13.9. The van der Waals surface area contributed by atoms with E-state index >= 15 is 0 Å². The minimum absolute atomic E-state index is 0.139. The molecule has 2 rings (SSSR count). The van der Waals surface area contributed by atoms with Gasteiger partial charge in [-0.1, -0.05) is 11.5 Å². The van der Waals surface area contributed by atoms with Crippen LogP contribution in [-0.2, 0) is 0 Å². The molecule has 1 fully saturated rings. The van der Waals surface area contributed by atoms with Gasteiger partial charge in [-0.25, -0.2) is 4.39 Å². The van der Waals surface area contributed by atoms with Gasteiger partial charge in [-0.15, -0.1) is 0 Å². The maximum absolute atomic E-state index is 13.3. The molecule has 19 heavy (non-hydrogen) atoms. The number of halogens is 4. The molecule has 1 aromatic rings. The van der Waals surface area contributed by atoms with Crippen LogP contribution in [0.25, 0.3) is 0 Å². The minimum Gasteiger partial charge on any atom is -0.492 e. The van der Waals surface area contributed by atoms with Crippen LogP contribution in [0, 0.1) is 5.82 Å². The molecule has 0 aliphatic carbocycles. The lowest BCUT2D eigenvalue weighted by Crippen LogP contribution is -2.36. The molecular formula is C12H15BF4NO-. The van der Waals surface area contributed by atoms with E-state index in [-0.39, 0.29) is 5.75 Å². The first kappa shape index (κ1) is 14.2. The van der Waals surface area contributed by atoms with Gasteiger partial charge in [0.15, 0.2) is 0 Å². The van der Waals surface area contributed by atoms with Crippen LogP contribution < -0.4 is 10.2 Å². The molecule has 1 heterocycles. The van der Waals surface area contributed by atoms with E-state index in [1.807, 2.05) is 0 Å². The smallest absolute Gasteiger partial charge is 0.492 e. The number of hydrogen-bond donors (Lipinski definition) is 0.